The minimum atomic E-state index is 1.09. The molecule has 12 rings (SSSR count). The van der Waals surface area contributed by atoms with Crippen LogP contribution in [-0.4, -0.2) is 0 Å². The molecule has 0 N–H and O–H groups in total. The first-order chi connectivity index (χ1) is 37.5. The van der Waals surface area contributed by atoms with Gasteiger partial charge < -0.3 is 9.80 Å². The summed E-state index contributed by atoms with van der Waals surface area (Å²) in [5.74, 6) is 0. The molecule has 0 aromatic heterocycles. The Bertz CT molecular complexity index is 3790. The van der Waals surface area contributed by atoms with Crippen LogP contribution in [0, 0.1) is 13.8 Å². The molecule has 0 amide bonds. The third kappa shape index (κ3) is 10.0. The maximum atomic E-state index is 2.36. The third-order valence-electron chi connectivity index (χ3n) is 14.6. The third-order valence-corrected chi connectivity index (χ3v) is 14.6. The predicted molar refractivity (Wildman–Crippen MR) is 323 cm³/mol. The van der Waals surface area contributed by atoms with Gasteiger partial charge in [0.05, 0.1) is 0 Å². The van der Waals surface area contributed by atoms with E-state index >= 15 is 0 Å². The first-order valence-electron chi connectivity index (χ1n) is 26.1. The van der Waals surface area contributed by atoms with Gasteiger partial charge in [-0.3, -0.25) is 0 Å². The smallest absolute Gasteiger partial charge is 0.0464 e. The monoisotopic (exact) mass is 972 g/mol. The van der Waals surface area contributed by atoms with Crippen molar-refractivity contribution in [3.05, 3.63) is 314 Å². The van der Waals surface area contributed by atoms with Gasteiger partial charge in [0.25, 0.3) is 0 Å². The molecule has 0 saturated heterocycles. The van der Waals surface area contributed by atoms with Gasteiger partial charge in [0.15, 0.2) is 0 Å². The fourth-order valence-corrected chi connectivity index (χ4v) is 10.5. The Morgan fingerprint density at radius 2 is 0.447 bits per heavy atom. The fraction of sp³-hybridized carbons (Fsp3) is 0.0270. The number of hydrogen-bond acceptors (Lipinski definition) is 2. The number of rotatable bonds is 13. The standard InChI is InChI=1S/C74H56N2/c1-53-26-27-66(52-74(53)63-36-46-69(47-37-63)75(67-38-28-58(29-39-67)55-16-7-3-8-17-55)68-40-30-59(31-41-68)56-18-9-4-10-19-56)65-25-15-24-64(51-65)61-34-44-71(45-35-61)76(70-42-32-60(33-43-70)57-20-11-5-12-21-57)72-48-49-73(54(2)50-72)62-22-13-6-14-23-62/h3-52H,1-2H3. The van der Waals surface area contributed by atoms with E-state index < -0.39 is 0 Å². The Kier molecular flexibility index (Phi) is 13.3. The molecule has 362 valence electrons. The maximum Gasteiger partial charge on any atom is 0.0464 e. The van der Waals surface area contributed by atoms with E-state index in [0.29, 0.717) is 0 Å². The van der Waals surface area contributed by atoms with Crippen LogP contribution in [-0.2, 0) is 0 Å². The van der Waals surface area contributed by atoms with Crippen LogP contribution >= 0.6 is 0 Å². The van der Waals surface area contributed by atoms with E-state index in [4.69, 9.17) is 0 Å². The van der Waals surface area contributed by atoms with Crippen LogP contribution in [0.15, 0.2) is 303 Å². The fourth-order valence-electron chi connectivity index (χ4n) is 10.5. The summed E-state index contributed by atoms with van der Waals surface area (Å²) in [5, 5.41) is 0. The van der Waals surface area contributed by atoms with Crippen LogP contribution in [0.1, 0.15) is 11.1 Å². The highest BCUT2D eigenvalue weighted by Gasteiger charge is 2.18. The molecular formula is C74H56N2. The Morgan fingerprint density at radius 3 is 0.855 bits per heavy atom. The summed E-state index contributed by atoms with van der Waals surface area (Å²) in [6, 6.07) is 110. The minimum Gasteiger partial charge on any atom is -0.311 e. The molecule has 12 aromatic rings. The average Bonchev–Trinajstić information content (AvgIpc) is 3.51. The van der Waals surface area contributed by atoms with Crippen molar-refractivity contribution in [2.24, 2.45) is 0 Å². The predicted octanol–water partition coefficient (Wildman–Crippen LogP) is 20.9. The van der Waals surface area contributed by atoms with Crippen LogP contribution in [0.2, 0.25) is 0 Å². The van der Waals surface area contributed by atoms with Gasteiger partial charge >= 0.3 is 0 Å². The normalized spacial score (nSPS) is 11.0. The molecule has 0 unspecified atom stereocenters. The van der Waals surface area contributed by atoms with Crippen molar-refractivity contribution in [3.63, 3.8) is 0 Å². The number of hydrogen-bond donors (Lipinski definition) is 0. The van der Waals surface area contributed by atoms with Crippen molar-refractivity contribution in [3.8, 4) is 77.9 Å². The van der Waals surface area contributed by atoms with E-state index in [1.54, 1.807) is 0 Å². The van der Waals surface area contributed by atoms with E-state index in [0.717, 1.165) is 39.7 Å². The lowest BCUT2D eigenvalue weighted by Crippen LogP contribution is -2.10. The van der Waals surface area contributed by atoms with Crippen LogP contribution in [0.25, 0.3) is 77.9 Å². The molecule has 0 atom stereocenters. The molecule has 2 nitrogen and oxygen atoms in total. The highest BCUT2D eigenvalue weighted by atomic mass is 15.1. The Morgan fingerprint density at radius 1 is 0.171 bits per heavy atom. The SMILES string of the molecule is Cc1cc(N(c2ccc(-c3ccccc3)cc2)c2ccc(-c3cccc(-c4ccc(C)c(-c5ccc(N(c6ccc(-c7ccccc7)cc6)c6ccc(-c7ccccc7)cc6)cc5)c4)c3)cc2)ccc1-c1ccccc1. The number of benzene rings is 12. The molecule has 2 heteroatoms. The van der Waals surface area contributed by atoms with Crippen LogP contribution in [0.4, 0.5) is 34.1 Å². The highest BCUT2D eigenvalue weighted by Crippen LogP contribution is 2.41. The first kappa shape index (κ1) is 47.3. The summed E-state index contributed by atoms with van der Waals surface area (Å²) in [4.78, 5) is 4.71. The second kappa shape index (κ2) is 21.4. The molecule has 0 aliphatic rings. The number of aryl methyl sites for hydroxylation is 2. The molecule has 0 saturated carbocycles. The molecule has 12 aromatic carbocycles. The largest absolute Gasteiger partial charge is 0.311 e. The zero-order chi connectivity index (χ0) is 51.2. The molecule has 0 fully saturated rings. The van der Waals surface area contributed by atoms with Gasteiger partial charge in [0, 0.05) is 34.1 Å². The molecule has 0 aliphatic carbocycles. The second-order valence-electron chi connectivity index (χ2n) is 19.5. The van der Waals surface area contributed by atoms with Crippen molar-refractivity contribution < 1.29 is 0 Å². The van der Waals surface area contributed by atoms with E-state index in [9.17, 15) is 0 Å². The molecule has 0 aliphatic heterocycles. The van der Waals surface area contributed by atoms with Crippen molar-refractivity contribution in [2.45, 2.75) is 13.8 Å². The summed E-state index contributed by atoms with van der Waals surface area (Å²) >= 11 is 0. The van der Waals surface area contributed by atoms with Crippen molar-refractivity contribution in [1.82, 2.24) is 0 Å². The zero-order valence-electron chi connectivity index (χ0n) is 42.8. The summed E-state index contributed by atoms with van der Waals surface area (Å²) in [6.07, 6.45) is 0. The lowest BCUT2D eigenvalue weighted by molar-refractivity contribution is 1.27. The Hall–Kier alpha value is -9.76. The van der Waals surface area contributed by atoms with Gasteiger partial charge in [-0.1, -0.05) is 218 Å². The maximum absolute atomic E-state index is 2.36. The van der Waals surface area contributed by atoms with Gasteiger partial charge in [-0.2, -0.15) is 0 Å². The summed E-state index contributed by atoms with van der Waals surface area (Å²) in [7, 11) is 0. The number of nitrogens with zero attached hydrogens (tertiary/aromatic N) is 2. The second-order valence-corrected chi connectivity index (χ2v) is 19.5. The van der Waals surface area contributed by atoms with E-state index in [1.807, 2.05) is 0 Å². The molecule has 0 bridgehead atoms. The van der Waals surface area contributed by atoms with Gasteiger partial charge in [0.1, 0.15) is 0 Å². The highest BCUT2D eigenvalue weighted by molar-refractivity contribution is 5.85. The van der Waals surface area contributed by atoms with E-state index in [-0.39, 0.29) is 0 Å². The van der Waals surface area contributed by atoms with Crippen LogP contribution in [0.5, 0.6) is 0 Å². The Balaban J connectivity index is 0.830. The summed E-state index contributed by atoms with van der Waals surface area (Å²) in [5.41, 5.74) is 25.8. The topological polar surface area (TPSA) is 6.48 Å². The van der Waals surface area contributed by atoms with Gasteiger partial charge in [-0.25, -0.2) is 0 Å². The molecule has 76 heavy (non-hydrogen) atoms. The molecule has 0 spiro atoms. The Labute approximate surface area is 447 Å². The van der Waals surface area contributed by atoms with E-state index in [2.05, 4.69) is 327 Å². The van der Waals surface area contributed by atoms with Gasteiger partial charge in [0.2, 0.25) is 0 Å². The molecular weight excluding hydrogens is 917 g/mol. The molecule has 0 radical (unpaired) electrons. The first-order valence-corrected chi connectivity index (χ1v) is 26.1. The van der Waals surface area contributed by atoms with Crippen LogP contribution in [0.3, 0.4) is 0 Å². The van der Waals surface area contributed by atoms with Crippen LogP contribution < -0.4 is 9.80 Å². The van der Waals surface area contributed by atoms with Crippen molar-refractivity contribution >= 4 is 34.1 Å². The minimum absolute atomic E-state index is 1.09. The van der Waals surface area contributed by atoms with E-state index in [1.165, 1.54) is 83.5 Å². The lowest BCUT2D eigenvalue weighted by Gasteiger charge is -2.27. The van der Waals surface area contributed by atoms with Crippen molar-refractivity contribution in [1.29, 1.82) is 0 Å². The zero-order valence-corrected chi connectivity index (χ0v) is 42.8. The average molecular weight is 973 g/mol. The van der Waals surface area contributed by atoms with Gasteiger partial charge in [-0.15, -0.1) is 0 Å². The quantitative estimate of drug-likeness (QED) is 0.114. The van der Waals surface area contributed by atoms with Gasteiger partial charge in [-0.05, 0) is 188 Å². The number of anilines is 6. The summed E-state index contributed by atoms with van der Waals surface area (Å²) in [6.45, 7) is 4.42. The van der Waals surface area contributed by atoms with Crippen molar-refractivity contribution in [2.75, 3.05) is 9.80 Å². The molecule has 0 heterocycles. The lowest BCUT2D eigenvalue weighted by atomic mass is 9.93. The summed E-state index contributed by atoms with van der Waals surface area (Å²) < 4.78 is 0.